The second-order valence-electron chi connectivity index (χ2n) is 7.04. The monoisotopic (exact) mass is 369 g/mol. The van der Waals surface area contributed by atoms with Gasteiger partial charge < -0.3 is 21.1 Å². The molecule has 1 saturated heterocycles. The Labute approximate surface area is 159 Å². The van der Waals surface area contributed by atoms with Crippen LogP contribution in [0.25, 0.3) is 10.8 Å². The third-order valence-electron chi connectivity index (χ3n) is 5.19. The molecule has 0 radical (unpaired) electrons. The van der Waals surface area contributed by atoms with Crippen molar-refractivity contribution < 1.29 is 14.7 Å². The van der Waals surface area contributed by atoms with Gasteiger partial charge in [-0.05, 0) is 50.1 Å². The fourth-order valence-corrected chi connectivity index (χ4v) is 3.78. The second kappa shape index (κ2) is 8.86. The average Bonchev–Trinajstić information content (AvgIpc) is 3.17. The van der Waals surface area contributed by atoms with Gasteiger partial charge in [-0.3, -0.25) is 4.79 Å². The molecule has 1 heterocycles. The van der Waals surface area contributed by atoms with Crippen molar-refractivity contribution in [1.29, 1.82) is 0 Å². The summed E-state index contributed by atoms with van der Waals surface area (Å²) in [4.78, 5) is 26.2. The van der Waals surface area contributed by atoms with E-state index in [4.69, 9.17) is 5.73 Å². The highest BCUT2D eigenvalue weighted by Crippen LogP contribution is 2.26. The summed E-state index contributed by atoms with van der Waals surface area (Å²) in [5.41, 5.74) is 6.50. The highest BCUT2D eigenvalue weighted by molar-refractivity contribution is 5.96. The number of amides is 1. The van der Waals surface area contributed by atoms with Crippen LogP contribution in [-0.4, -0.2) is 47.1 Å². The van der Waals surface area contributed by atoms with Gasteiger partial charge in [0.2, 0.25) is 5.91 Å². The first-order valence-electron chi connectivity index (χ1n) is 9.59. The number of nitrogens with one attached hydrogen (secondary N) is 1. The fraction of sp³-hybridized carbons (Fsp3) is 0.429. The summed E-state index contributed by atoms with van der Waals surface area (Å²) < 4.78 is 0. The minimum atomic E-state index is -0.924. The molecule has 0 bridgehead atoms. The van der Waals surface area contributed by atoms with Gasteiger partial charge in [-0.15, -0.1) is 0 Å². The molecule has 1 fully saturated rings. The number of benzene rings is 2. The van der Waals surface area contributed by atoms with Crippen molar-refractivity contribution in [2.45, 2.75) is 44.2 Å². The van der Waals surface area contributed by atoms with Crippen LogP contribution in [0.2, 0.25) is 0 Å². The van der Waals surface area contributed by atoms with Crippen molar-refractivity contribution in [2.24, 2.45) is 5.73 Å². The molecule has 4 N–H and O–H groups in total. The molecule has 6 heteroatoms. The zero-order chi connectivity index (χ0) is 19.2. The van der Waals surface area contributed by atoms with Crippen LogP contribution in [-0.2, 0) is 9.59 Å². The number of anilines is 1. The Morgan fingerprint density at radius 3 is 2.74 bits per heavy atom. The van der Waals surface area contributed by atoms with Crippen LogP contribution in [0.3, 0.4) is 0 Å². The van der Waals surface area contributed by atoms with E-state index in [-0.39, 0.29) is 5.91 Å². The quantitative estimate of drug-likeness (QED) is 0.622. The fourth-order valence-electron chi connectivity index (χ4n) is 3.78. The van der Waals surface area contributed by atoms with E-state index in [1.165, 1.54) is 4.90 Å². The van der Waals surface area contributed by atoms with E-state index < -0.39 is 18.1 Å². The van der Waals surface area contributed by atoms with Crippen LogP contribution in [0.1, 0.15) is 32.1 Å². The molecule has 0 aromatic heterocycles. The zero-order valence-corrected chi connectivity index (χ0v) is 15.4. The van der Waals surface area contributed by atoms with E-state index in [0.717, 1.165) is 35.7 Å². The van der Waals surface area contributed by atoms with Crippen molar-refractivity contribution >= 4 is 28.3 Å². The zero-order valence-electron chi connectivity index (χ0n) is 15.4. The maximum Gasteiger partial charge on any atom is 0.326 e. The number of fused-ring (bicyclic) bond motifs is 1. The van der Waals surface area contributed by atoms with Gasteiger partial charge in [0.05, 0.1) is 0 Å². The first kappa shape index (κ1) is 19.2. The largest absolute Gasteiger partial charge is 0.480 e. The Morgan fingerprint density at radius 2 is 1.96 bits per heavy atom. The van der Waals surface area contributed by atoms with Crippen LogP contribution >= 0.6 is 0 Å². The summed E-state index contributed by atoms with van der Waals surface area (Å²) in [6.45, 7) is 1.08. The summed E-state index contributed by atoms with van der Waals surface area (Å²) in [6.07, 6.45) is 3.53. The van der Waals surface area contributed by atoms with Crippen molar-refractivity contribution in [3.8, 4) is 0 Å². The molecular formula is C21H27N3O3. The number of nitrogens with two attached hydrogens (primary N) is 1. The summed E-state index contributed by atoms with van der Waals surface area (Å²) >= 11 is 0. The number of unbranched alkanes of at least 4 members (excludes halogenated alkanes) is 1. The first-order chi connectivity index (χ1) is 13.1. The predicted octanol–water partition coefficient (Wildman–Crippen LogP) is 2.82. The number of carboxylic acid groups (broad SMARTS) is 1. The lowest BCUT2D eigenvalue weighted by Gasteiger charge is -2.28. The SMILES string of the molecule is NCCCC[C@H](Nc1cccc2ccccc12)C(=O)N1CCC[C@H]1C(=O)O. The average molecular weight is 369 g/mol. The number of hydrogen-bond acceptors (Lipinski definition) is 4. The van der Waals surface area contributed by atoms with Crippen LogP contribution in [0, 0.1) is 0 Å². The van der Waals surface area contributed by atoms with Gasteiger partial charge in [0, 0.05) is 17.6 Å². The molecule has 1 amide bonds. The molecule has 0 spiro atoms. The molecule has 2 aromatic carbocycles. The number of carbonyl (C=O) groups is 2. The number of hydrogen-bond donors (Lipinski definition) is 3. The molecule has 6 nitrogen and oxygen atoms in total. The summed E-state index contributed by atoms with van der Waals surface area (Å²) in [6, 6.07) is 12.8. The summed E-state index contributed by atoms with van der Waals surface area (Å²) in [7, 11) is 0. The number of rotatable bonds is 8. The van der Waals surface area contributed by atoms with Gasteiger partial charge in [-0.25, -0.2) is 4.79 Å². The number of nitrogens with zero attached hydrogens (tertiary/aromatic N) is 1. The van der Waals surface area contributed by atoms with Gasteiger partial charge in [0.25, 0.3) is 0 Å². The minimum Gasteiger partial charge on any atom is -0.480 e. The number of carboxylic acids is 1. The molecule has 0 aliphatic carbocycles. The van der Waals surface area contributed by atoms with Gasteiger partial charge in [0.1, 0.15) is 12.1 Å². The van der Waals surface area contributed by atoms with Gasteiger partial charge in [-0.1, -0.05) is 36.4 Å². The second-order valence-corrected chi connectivity index (χ2v) is 7.04. The predicted molar refractivity (Wildman–Crippen MR) is 107 cm³/mol. The van der Waals surface area contributed by atoms with E-state index in [0.29, 0.717) is 25.9 Å². The highest BCUT2D eigenvalue weighted by Gasteiger charge is 2.37. The maximum absolute atomic E-state index is 13.2. The molecule has 27 heavy (non-hydrogen) atoms. The Kier molecular flexibility index (Phi) is 6.29. The van der Waals surface area contributed by atoms with Crippen molar-refractivity contribution in [3.05, 3.63) is 42.5 Å². The Bertz CT molecular complexity index is 803. The molecule has 1 aliphatic rings. The molecule has 144 valence electrons. The van der Waals surface area contributed by atoms with Crippen molar-refractivity contribution in [1.82, 2.24) is 4.90 Å². The molecule has 2 atom stereocenters. The smallest absolute Gasteiger partial charge is 0.326 e. The van der Waals surface area contributed by atoms with E-state index in [1.54, 1.807) is 0 Å². The minimum absolute atomic E-state index is 0.134. The van der Waals surface area contributed by atoms with Crippen LogP contribution in [0.15, 0.2) is 42.5 Å². The molecule has 1 aliphatic heterocycles. The normalized spacial score (nSPS) is 17.8. The van der Waals surface area contributed by atoms with Crippen molar-refractivity contribution in [3.63, 3.8) is 0 Å². The molecule has 2 aromatic rings. The third-order valence-corrected chi connectivity index (χ3v) is 5.19. The van der Waals surface area contributed by atoms with Crippen LogP contribution in [0.4, 0.5) is 5.69 Å². The highest BCUT2D eigenvalue weighted by atomic mass is 16.4. The lowest BCUT2D eigenvalue weighted by Crippen LogP contribution is -2.47. The maximum atomic E-state index is 13.2. The van der Waals surface area contributed by atoms with Gasteiger partial charge in [-0.2, -0.15) is 0 Å². The lowest BCUT2D eigenvalue weighted by molar-refractivity contribution is -0.148. The van der Waals surface area contributed by atoms with E-state index >= 15 is 0 Å². The lowest BCUT2D eigenvalue weighted by atomic mass is 10.0. The molecule has 0 unspecified atom stereocenters. The van der Waals surface area contributed by atoms with Crippen LogP contribution in [0.5, 0.6) is 0 Å². The summed E-state index contributed by atoms with van der Waals surface area (Å²) in [5, 5.41) is 15.0. The van der Waals surface area contributed by atoms with E-state index in [9.17, 15) is 14.7 Å². The molecule has 0 saturated carbocycles. The molecule has 3 rings (SSSR count). The standard InChI is InChI=1S/C21H27N3O3/c22-13-4-3-10-18(20(25)24-14-6-12-19(24)21(26)27)23-17-11-5-8-15-7-1-2-9-16(15)17/h1-2,5,7-9,11,18-19,23H,3-4,6,10,12-14,22H2,(H,26,27)/t18-,19-/m0/s1. The Hall–Kier alpha value is -2.60. The van der Waals surface area contributed by atoms with E-state index in [2.05, 4.69) is 5.32 Å². The molecular weight excluding hydrogens is 342 g/mol. The summed E-state index contributed by atoms with van der Waals surface area (Å²) in [5.74, 6) is -1.06. The third kappa shape index (κ3) is 4.39. The first-order valence-corrected chi connectivity index (χ1v) is 9.59. The topological polar surface area (TPSA) is 95.7 Å². The Morgan fingerprint density at radius 1 is 1.19 bits per heavy atom. The van der Waals surface area contributed by atoms with Crippen LogP contribution < -0.4 is 11.1 Å². The van der Waals surface area contributed by atoms with Gasteiger partial charge >= 0.3 is 5.97 Å². The number of carbonyl (C=O) groups excluding carboxylic acids is 1. The van der Waals surface area contributed by atoms with Gasteiger partial charge in [0.15, 0.2) is 0 Å². The number of likely N-dealkylation sites (tertiary alicyclic amines) is 1. The van der Waals surface area contributed by atoms with E-state index in [1.807, 2.05) is 42.5 Å². The van der Waals surface area contributed by atoms with Crippen molar-refractivity contribution in [2.75, 3.05) is 18.4 Å². The Balaban J connectivity index is 1.84. The number of aliphatic carboxylic acids is 1.